The van der Waals surface area contributed by atoms with E-state index in [9.17, 15) is 10.1 Å². The van der Waals surface area contributed by atoms with Crippen molar-refractivity contribution in [3.63, 3.8) is 0 Å². The Labute approximate surface area is 132 Å². The molecule has 1 aromatic carbocycles. The van der Waals surface area contributed by atoms with E-state index in [1.54, 1.807) is 17.4 Å². The minimum Gasteiger partial charge on any atom is -0.377 e. The van der Waals surface area contributed by atoms with Crippen LogP contribution in [0.2, 0.25) is 5.02 Å². The van der Waals surface area contributed by atoms with E-state index in [1.165, 1.54) is 10.9 Å². The predicted molar refractivity (Wildman–Crippen MR) is 88.4 cm³/mol. The molecule has 112 valence electrons. The lowest BCUT2D eigenvalue weighted by atomic mass is 10.0. The summed E-state index contributed by atoms with van der Waals surface area (Å²) in [6, 6.07) is 7.41. The van der Waals surface area contributed by atoms with Crippen LogP contribution >= 0.6 is 22.9 Å². The van der Waals surface area contributed by atoms with Gasteiger partial charge in [0, 0.05) is 16.6 Å². The molecular weight excluding hydrogens is 308 g/mol. The van der Waals surface area contributed by atoms with Crippen molar-refractivity contribution in [3.05, 3.63) is 55.2 Å². The zero-order valence-corrected chi connectivity index (χ0v) is 13.7. The van der Waals surface area contributed by atoms with Crippen LogP contribution in [0.25, 0.3) is 0 Å². The molecule has 1 heterocycles. The highest BCUT2D eigenvalue weighted by molar-refractivity contribution is 7.10. The second-order valence-corrected chi connectivity index (χ2v) is 6.64. The summed E-state index contributed by atoms with van der Waals surface area (Å²) in [6.45, 7) is 6.12. The summed E-state index contributed by atoms with van der Waals surface area (Å²) >= 11 is 7.70. The third-order valence-corrected chi connectivity index (χ3v) is 4.58. The zero-order chi connectivity index (χ0) is 15.6. The quantitative estimate of drug-likeness (QED) is 0.589. The van der Waals surface area contributed by atoms with Gasteiger partial charge in [-0.05, 0) is 35.9 Å². The van der Waals surface area contributed by atoms with Gasteiger partial charge in [-0.1, -0.05) is 31.5 Å². The number of halogens is 1. The smallest absolute Gasteiger partial charge is 0.288 e. The van der Waals surface area contributed by atoms with Gasteiger partial charge in [-0.2, -0.15) is 0 Å². The minimum atomic E-state index is -0.460. The van der Waals surface area contributed by atoms with Gasteiger partial charge in [0.05, 0.1) is 11.0 Å². The van der Waals surface area contributed by atoms with E-state index in [0.717, 1.165) is 11.3 Å². The number of anilines is 1. The Bertz CT molecular complexity index is 641. The summed E-state index contributed by atoms with van der Waals surface area (Å²) in [5.74, 6) is 0.386. The second-order valence-electron chi connectivity index (χ2n) is 5.26. The first-order valence-corrected chi connectivity index (χ1v) is 7.90. The number of nitro benzene ring substituents is 1. The van der Waals surface area contributed by atoms with Crippen molar-refractivity contribution in [1.82, 2.24) is 0 Å². The van der Waals surface area contributed by atoms with Gasteiger partial charge in [-0.3, -0.25) is 10.1 Å². The van der Waals surface area contributed by atoms with E-state index in [2.05, 4.69) is 25.2 Å². The Balaban J connectivity index is 2.34. The van der Waals surface area contributed by atoms with Crippen LogP contribution in [-0.2, 0) is 0 Å². The van der Waals surface area contributed by atoms with Crippen LogP contribution in [0.1, 0.15) is 30.3 Å². The number of hydrogen-bond donors (Lipinski definition) is 1. The van der Waals surface area contributed by atoms with E-state index in [-0.39, 0.29) is 16.8 Å². The fraction of sp³-hybridized carbons (Fsp3) is 0.333. The van der Waals surface area contributed by atoms with E-state index in [1.807, 2.05) is 18.4 Å². The predicted octanol–water partition coefficient (Wildman–Crippen LogP) is 5.43. The lowest BCUT2D eigenvalue weighted by Crippen LogP contribution is -2.16. The molecule has 0 radical (unpaired) electrons. The molecule has 0 aliphatic carbocycles. The van der Waals surface area contributed by atoms with Crippen LogP contribution < -0.4 is 5.32 Å². The van der Waals surface area contributed by atoms with E-state index in [4.69, 9.17) is 11.6 Å². The number of thiophene rings is 1. The van der Waals surface area contributed by atoms with Gasteiger partial charge >= 0.3 is 0 Å². The number of aryl methyl sites for hydroxylation is 1. The average Bonchev–Trinajstić information content (AvgIpc) is 2.92. The van der Waals surface area contributed by atoms with Crippen molar-refractivity contribution in [1.29, 1.82) is 0 Å². The highest BCUT2D eigenvalue weighted by atomic mass is 35.5. The molecule has 2 rings (SSSR count). The molecule has 2 aromatic rings. The molecule has 0 amide bonds. The first-order valence-electron chi connectivity index (χ1n) is 6.64. The summed E-state index contributed by atoms with van der Waals surface area (Å²) in [4.78, 5) is 11.7. The first-order chi connectivity index (χ1) is 9.90. The van der Waals surface area contributed by atoms with Gasteiger partial charge in [-0.15, -0.1) is 11.3 Å². The molecule has 0 aliphatic rings. The van der Waals surface area contributed by atoms with Crippen LogP contribution in [0.3, 0.4) is 0 Å². The first kappa shape index (κ1) is 15.8. The SMILES string of the molecule is Cc1cc([N+](=O)[O-])c(Cl)cc1NC(c1cccs1)C(C)C. The van der Waals surface area contributed by atoms with E-state index >= 15 is 0 Å². The van der Waals surface area contributed by atoms with Gasteiger partial charge in [-0.25, -0.2) is 0 Å². The van der Waals surface area contributed by atoms with Gasteiger partial charge < -0.3 is 5.32 Å². The fourth-order valence-corrected chi connectivity index (χ4v) is 3.35. The standard InChI is InChI=1S/C15H17ClN2O2S/c1-9(2)15(14-5-4-6-21-14)17-12-8-11(16)13(18(19)20)7-10(12)3/h4-9,15,17H,1-3H3. The lowest BCUT2D eigenvalue weighted by molar-refractivity contribution is -0.384. The van der Waals surface area contributed by atoms with Crippen molar-refractivity contribution in [2.45, 2.75) is 26.8 Å². The normalized spacial score (nSPS) is 12.4. The van der Waals surface area contributed by atoms with E-state index < -0.39 is 4.92 Å². The topological polar surface area (TPSA) is 55.2 Å². The number of rotatable bonds is 5. The summed E-state index contributed by atoms with van der Waals surface area (Å²) in [5.41, 5.74) is 1.59. The minimum absolute atomic E-state index is 0.0584. The molecule has 4 nitrogen and oxygen atoms in total. The molecule has 0 saturated heterocycles. The Morgan fingerprint density at radius 3 is 2.62 bits per heavy atom. The van der Waals surface area contributed by atoms with Crippen molar-refractivity contribution in [2.75, 3.05) is 5.32 Å². The van der Waals surface area contributed by atoms with Crippen LogP contribution in [0.4, 0.5) is 11.4 Å². The number of nitrogens with one attached hydrogen (secondary N) is 1. The number of hydrogen-bond acceptors (Lipinski definition) is 4. The zero-order valence-electron chi connectivity index (χ0n) is 12.1. The number of benzene rings is 1. The summed E-state index contributed by atoms with van der Waals surface area (Å²) < 4.78 is 0. The van der Waals surface area contributed by atoms with Crippen LogP contribution in [0.15, 0.2) is 29.6 Å². The van der Waals surface area contributed by atoms with Crippen molar-refractivity contribution in [2.24, 2.45) is 5.92 Å². The molecule has 0 aliphatic heterocycles. The molecule has 0 fully saturated rings. The molecule has 1 atom stereocenters. The fourth-order valence-electron chi connectivity index (χ4n) is 2.16. The summed E-state index contributed by atoms with van der Waals surface area (Å²) in [6.07, 6.45) is 0. The summed E-state index contributed by atoms with van der Waals surface area (Å²) in [5, 5.41) is 16.6. The maximum atomic E-state index is 10.9. The molecule has 6 heteroatoms. The third-order valence-electron chi connectivity index (χ3n) is 3.32. The third kappa shape index (κ3) is 3.54. The Hall–Kier alpha value is -1.59. The molecule has 21 heavy (non-hydrogen) atoms. The summed E-state index contributed by atoms with van der Waals surface area (Å²) in [7, 11) is 0. The Morgan fingerprint density at radius 1 is 1.38 bits per heavy atom. The molecule has 0 bridgehead atoms. The average molecular weight is 325 g/mol. The largest absolute Gasteiger partial charge is 0.377 e. The van der Waals surface area contributed by atoms with Gasteiger partial charge in [0.1, 0.15) is 5.02 Å². The van der Waals surface area contributed by atoms with Gasteiger partial charge in [0.2, 0.25) is 0 Å². The van der Waals surface area contributed by atoms with Crippen LogP contribution in [0, 0.1) is 23.0 Å². The monoisotopic (exact) mass is 324 g/mol. The number of nitro groups is 1. The van der Waals surface area contributed by atoms with Crippen molar-refractivity contribution in [3.8, 4) is 0 Å². The maximum Gasteiger partial charge on any atom is 0.288 e. The molecular formula is C15H17ClN2O2S. The maximum absolute atomic E-state index is 10.9. The van der Waals surface area contributed by atoms with E-state index in [0.29, 0.717) is 5.92 Å². The highest BCUT2D eigenvalue weighted by Gasteiger charge is 2.20. The van der Waals surface area contributed by atoms with Crippen molar-refractivity contribution >= 4 is 34.3 Å². The highest BCUT2D eigenvalue weighted by Crippen LogP contribution is 2.35. The molecule has 1 unspecified atom stereocenters. The molecule has 0 saturated carbocycles. The Kier molecular flexibility index (Phi) is 4.85. The van der Waals surface area contributed by atoms with Crippen LogP contribution in [-0.4, -0.2) is 4.92 Å². The van der Waals surface area contributed by atoms with Gasteiger partial charge in [0.25, 0.3) is 5.69 Å². The van der Waals surface area contributed by atoms with Crippen LogP contribution in [0.5, 0.6) is 0 Å². The molecule has 1 N–H and O–H groups in total. The second kappa shape index (κ2) is 6.45. The Morgan fingerprint density at radius 2 is 2.10 bits per heavy atom. The number of nitrogens with zero attached hydrogens (tertiary/aromatic N) is 1. The molecule has 0 spiro atoms. The lowest BCUT2D eigenvalue weighted by Gasteiger charge is -2.23. The van der Waals surface area contributed by atoms with Crippen molar-refractivity contribution < 1.29 is 4.92 Å². The molecule has 1 aromatic heterocycles. The van der Waals surface area contributed by atoms with Gasteiger partial charge in [0.15, 0.2) is 0 Å².